The molecule has 2 amide bonds. The number of primary amides is 1. The minimum Gasteiger partial charge on any atom is -0.454 e. The monoisotopic (exact) mass is 503 g/mol. The molecule has 37 heavy (non-hydrogen) atoms. The van der Waals surface area contributed by atoms with Gasteiger partial charge < -0.3 is 20.4 Å². The number of nitrogens with two attached hydrogens (primary N) is 1. The molecule has 1 aliphatic heterocycles. The Morgan fingerprint density at radius 2 is 1.86 bits per heavy atom. The van der Waals surface area contributed by atoms with Crippen LogP contribution in [0.1, 0.15) is 41.7 Å². The second-order valence-corrected chi connectivity index (χ2v) is 8.72. The average molecular weight is 504 g/mol. The first kappa shape index (κ1) is 24.1. The molecule has 3 N–H and O–H groups in total. The van der Waals surface area contributed by atoms with E-state index in [2.05, 4.69) is 21.9 Å². The van der Waals surface area contributed by atoms with Crippen LogP contribution in [0.3, 0.4) is 0 Å². The van der Waals surface area contributed by atoms with Gasteiger partial charge in [-0.05, 0) is 68.0 Å². The minimum atomic E-state index is -0.813. The Hall–Kier alpha value is -4.65. The zero-order valence-electron chi connectivity index (χ0n) is 19.9. The summed E-state index contributed by atoms with van der Waals surface area (Å²) in [6.07, 6.45) is 3.21. The van der Waals surface area contributed by atoms with Crippen LogP contribution < -0.4 is 10.5 Å². The van der Waals surface area contributed by atoms with E-state index < -0.39 is 17.5 Å². The first-order chi connectivity index (χ1) is 17.9. The molecule has 5 rings (SSSR count). The van der Waals surface area contributed by atoms with Gasteiger partial charge in [-0.1, -0.05) is 5.92 Å². The molecule has 0 unspecified atom stereocenters. The fraction of sp³-hybridized carbons (Fsp3) is 0.222. The first-order valence-corrected chi connectivity index (χ1v) is 11.7. The fourth-order valence-corrected chi connectivity index (χ4v) is 4.63. The van der Waals surface area contributed by atoms with Gasteiger partial charge >= 0.3 is 0 Å². The molecule has 188 valence electrons. The fourth-order valence-electron chi connectivity index (χ4n) is 4.63. The Balaban J connectivity index is 1.41. The van der Waals surface area contributed by atoms with E-state index >= 15 is 0 Å². The highest BCUT2D eigenvalue weighted by molar-refractivity contribution is 5.98. The van der Waals surface area contributed by atoms with Gasteiger partial charge in [0, 0.05) is 30.3 Å². The van der Waals surface area contributed by atoms with Crippen LogP contribution in [-0.4, -0.2) is 44.4 Å². The van der Waals surface area contributed by atoms with Gasteiger partial charge in [-0.3, -0.25) is 9.59 Å². The Bertz CT molecular complexity index is 1550. The second kappa shape index (κ2) is 9.78. The van der Waals surface area contributed by atoms with Gasteiger partial charge in [-0.25, -0.2) is 13.3 Å². The van der Waals surface area contributed by atoms with E-state index in [0.29, 0.717) is 35.7 Å². The molecule has 0 saturated carbocycles. The van der Waals surface area contributed by atoms with Gasteiger partial charge in [-0.15, -0.1) is 0 Å². The zero-order chi connectivity index (χ0) is 26.1. The lowest BCUT2D eigenvalue weighted by Crippen LogP contribution is -2.37. The number of carbonyl (C=O) groups is 2. The molecule has 0 radical (unpaired) electrons. The van der Waals surface area contributed by atoms with Crippen molar-refractivity contribution in [2.24, 2.45) is 5.73 Å². The Labute approximate surface area is 211 Å². The first-order valence-electron chi connectivity index (χ1n) is 11.7. The van der Waals surface area contributed by atoms with Crippen molar-refractivity contribution in [1.82, 2.24) is 19.5 Å². The van der Waals surface area contributed by atoms with E-state index in [1.165, 1.54) is 10.6 Å². The van der Waals surface area contributed by atoms with Gasteiger partial charge in [0.05, 0.1) is 11.9 Å². The summed E-state index contributed by atoms with van der Waals surface area (Å²) in [4.78, 5) is 29.5. The van der Waals surface area contributed by atoms with Crippen molar-refractivity contribution in [3.05, 3.63) is 71.6 Å². The normalized spacial score (nSPS) is 13.9. The van der Waals surface area contributed by atoms with Crippen LogP contribution in [0.25, 0.3) is 16.9 Å². The molecule has 3 heterocycles. The number of fused-ring (bicyclic) bond motifs is 1. The zero-order valence-corrected chi connectivity index (χ0v) is 19.9. The second-order valence-electron chi connectivity index (χ2n) is 8.72. The van der Waals surface area contributed by atoms with Crippen LogP contribution in [0, 0.1) is 23.5 Å². The average Bonchev–Trinajstić information content (AvgIpc) is 3.46. The number of benzene rings is 2. The highest BCUT2D eigenvalue weighted by Crippen LogP contribution is 2.34. The predicted octanol–water partition coefficient (Wildman–Crippen LogP) is 4.23. The number of hydrogen-bond donors (Lipinski definition) is 2. The Kier molecular flexibility index (Phi) is 6.36. The molecule has 2 aromatic carbocycles. The van der Waals surface area contributed by atoms with Crippen molar-refractivity contribution in [3.8, 4) is 34.6 Å². The minimum absolute atomic E-state index is 0.107. The number of likely N-dealkylation sites (tertiary alicyclic amines) is 1. The molecule has 0 atom stereocenters. The van der Waals surface area contributed by atoms with Crippen molar-refractivity contribution in [2.75, 3.05) is 13.1 Å². The third kappa shape index (κ3) is 4.63. The van der Waals surface area contributed by atoms with Gasteiger partial charge in [0.15, 0.2) is 17.3 Å². The number of halogens is 2. The molecule has 1 saturated heterocycles. The molecular formula is C27H23F2N5O3. The number of piperidine rings is 1. The number of H-pyrrole nitrogens is 1. The summed E-state index contributed by atoms with van der Waals surface area (Å²) in [7, 11) is 0. The summed E-state index contributed by atoms with van der Waals surface area (Å²) in [6, 6.07) is 9.69. The van der Waals surface area contributed by atoms with E-state index in [4.69, 9.17) is 10.5 Å². The summed E-state index contributed by atoms with van der Waals surface area (Å²) in [6.45, 7) is 2.81. The summed E-state index contributed by atoms with van der Waals surface area (Å²) >= 11 is 0. The summed E-state index contributed by atoms with van der Waals surface area (Å²) < 4.78 is 34.1. The number of rotatable bonds is 5. The number of aromatic nitrogens is 3. The van der Waals surface area contributed by atoms with Crippen molar-refractivity contribution in [1.29, 1.82) is 0 Å². The lowest BCUT2D eigenvalue weighted by atomic mass is 9.91. The van der Waals surface area contributed by atoms with Crippen LogP contribution in [-0.2, 0) is 4.79 Å². The number of amides is 2. The molecular weight excluding hydrogens is 480 g/mol. The summed E-state index contributed by atoms with van der Waals surface area (Å²) in [5, 5.41) is 4.42. The molecule has 2 aromatic heterocycles. The van der Waals surface area contributed by atoms with Crippen LogP contribution in [0.15, 0.2) is 48.7 Å². The predicted molar refractivity (Wildman–Crippen MR) is 132 cm³/mol. The molecule has 0 bridgehead atoms. The molecule has 8 nitrogen and oxygen atoms in total. The van der Waals surface area contributed by atoms with Crippen LogP contribution in [0.2, 0.25) is 0 Å². The maximum absolute atomic E-state index is 13.9. The van der Waals surface area contributed by atoms with E-state index in [-0.39, 0.29) is 23.3 Å². The lowest BCUT2D eigenvalue weighted by molar-refractivity contribution is -0.126. The van der Waals surface area contributed by atoms with Gasteiger partial charge in [0.1, 0.15) is 17.2 Å². The third-order valence-corrected chi connectivity index (χ3v) is 6.44. The van der Waals surface area contributed by atoms with Crippen molar-refractivity contribution >= 4 is 17.5 Å². The molecule has 4 aromatic rings. The number of ether oxygens (including phenoxy) is 1. The van der Waals surface area contributed by atoms with Crippen molar-refractivity contribution in [3.63, 3.8) is 0 Å². The van der Waals surface area contributed by atoms with E-state index in [9.17, 15) is 18.4 Å². The van der Waals surface area contributed by atoms with Gasteiger partial charge in [0.2, 0.25) is 0 Å². The number of nitrogens with zero attached hydrogens (tertiary/aromatic N) is 3. The van der Waals surface area contributed by atoms with E-state index in [1.807, 2.05) is 0 Å². The smallest absolute Gasteiger partial charge is 0.298 e. The number of imidazole rings is 1. The molecule has 10 heteroatoms. The highest BCUT2D eigenvalue weighted by Gasteiger charge is 2.28. The van der Waals surface area contributed by atoms with Crippen LogP contribution in [0.4, 0.5) is 8.78 Å². The standard InChI is InChI=1S/C27H23F2N5O3/c1-2-3-23(35)33-12-10-16(11-13-33)20-15-31-34-25(26(30)36)24(32-27(20)34)17-4-7-19(8-5-17)37-22-9-6-18(28)14-21(22)29/h4-9,14-16,32H,10-13H2,1H3,(H2,30,36). The number of carbonyl (C=O) groups excluding carboxylic acids is 2. The lowest BCUT2D eigenvalue weighted by Gasteiger charge is -2.30. The molecule has 0 aliphatic carbocycles. The van der Waals surface area contributed by atoms with E-state index in [1.54, 1.807) is 42.3 Å². The van der Waals surface area contributed by atoms with Gasteiger partial charge in [0.25, 0.3) is 11.8 Å². The van der Waals surface area contributed by atoms with Gasteiger partial charge in [-0.2, -0.15) is 5.10 Å². The van der Waals surface area contributed by atoms with Crippen LogP contribution >= 0.6 is 0 Å². The maximum atomic E-state index is 13.9. The van der Waals surface area contributed by atoms with Crippen molar-refractivity contribution in [2.45, 2.75) is 25.7 Å². The Morgan fingerprint density at radius 3 is 2.51 bits per heavy atom. The molecule has 0 spiro atoms. The molecule has 1 aliphatic rings. The SMILES string of the molecule is CC#CC(=O)N1CCC(c2cnn3c(C(N)=O)c(-c4ccc(Oc5ccc(F)cc5F)cc4)[nH]c23)CC1. The Morgan fingerprint density at radius 1 is 1.14 bits per heavy atom. The largest absolute Gasteiger partial charge is 0.454 e. The summed E-state index contributed by atoms with van der Waals surface area (Å²) in [5.74, 6) is 3.26. The number of aromatic amines is 1. The van der Waals surface area contributed by atoms with Crippen molar-refractivity contribution < 1.29 is 23.1 Å². The number of nitrogens with one attached hydrogen (secondary N) is 1. The summed E-state index contributed by atoms with van der Waals surface area (Å²) in [5.41, 5.74) is 8.66. The van der Waals surface area contributed by atoms with Crippen LogP contribution in [0.5, 0.6) is 11.5 Å². The number of hydrogen-bond acceptors (Lipinski definition) is 4. The van der Waals surface area contributed by atoms with E-state index in [0.717, 1.165) is 30.5 Å². The quantitative estimate of drug-likeness (QED) is 0.398. The molecule has 1 fully saturated rings. The third-order valence-electron chi connectivity index (χ3n) is 6.44. The topological polar surface area (TPSA) is 106 Å². The highest BCUT2D eigenvalue weighted by atomic mass is 19.1. The maximum Gasteiger partial charge on any atom is 0.298 e.